The molecule has 128 valence electrons. The van der Waals surface area contributed by atoms with Crippen LogP contribution in [-0.2, 0) is 0 Å². The minimum Gasteiger partial charge on any atom is -0.481 e. The van der Waals surface area contributed by atoms with Crippen molar-refractivity contribution < 1.29 is 9.47 Å². The highest BCUT2D eigenvalue weighted by atomic mass is 16.5. The summed E-state index contributed by atoms with van der Waals surface area (Å²) in [5, 5.41) is 0. The van der Waals surface area contributed by atoms with E-state index in [-0.39, 0.29) is 0 Å². The third kappa shape index (κ3) is 3.32. The second kappa shape index (κ2) is 6.86. The summed E-state index contributed by atoms with van der Waals surface area (Å²) in [6.07, 6.45) is 2.80. The zero-order valence-corrected chi connectivity index (χ0v) is 14.4. The van der Waals surface area contributed by atoms with Gasteiger partial charge in [-0.2, -0.15) is 9.97 Å². The van der Waals surface area contributed by atoms with Gasteiger partial charge in [-0.15, -0.1) is 0 Å². The first-order chi connectivity index (χ1) is 11.6. The van der Waals surface area contributed by atoms with Crippen LogP contribution in [-0.4, -0.2) is 60.3 Å². The number of ether oxygens (including phenoxy) is 2. The predicted molar refractivity (Wildman–Crippen MR) is 90.9 cm³/mol. The van der Waals surface area contributed by atoms with Crippen LogP contribution in [0.3, 0.4) is 0 Å². The van der Waals surface area contributed by atoms with Gasteiger partial charge in [-0.1, -0.05) is 0 Å². The van der Waals surface area contributed by atoms with Crippen LogP contribution in [0.2, 0.25) is 0 Å². The largest absolute Gasteiger partial charge is 0.481 e. The summed E-state index contributed by atoms with van der Waals surface area (Å²) in [5.74, 6) is 2.05. The van der Waals surface area contributed by atoms with Crippen molar-refractivity contribution in [3.05, 3.63) is 24.0 Å². The van der Waals surface area contributed by atoms with Crippen LogP contribution in [0, 0.1) is 6.92 Å². The molecule has 0 N–H and O–H groups in total. The molecular formula is C16H22N6O2. The van der Waals surface area contributed by atoms with Gasteiger partial charge in [0.2, 0.25) is 11.8 Å². The first-order valence-corrected chi connectivity index (χ1v) is 7.85. The zero-order valence-electron chi connectivity index (χ0n) is 14.4. The number of hydrogen-bond donors (Lipinski definition) is 0. The first kappa shape index (κ1) is 16.2. The molecule has 0 aliphatic carbocycles. The number of likely N-dealkylation sites (N-methyl/N-ethyl adjacent to an activating group) is 1. The Balaban J connectivity index is 1.75. The standard InChI is InChI=1S/C16H22N6O2/c1-11-5-7-17-15(18-11)21(2)12-6-8-22(10-12)13-9-14(23-3)20-16(19-13)24-4/h5,7,9,12H,6,8,10H2,1-4H3. The van der Waals surface area contributed by atoms with E-state index in [4.69, 9.17) is 9.47 Å². The van der Waals surface area contributed by atoms with E-state index in [1.165, 1.54) is 0 Å². The molecule has 8 heteroatoms. The maximum atomic E-state index is 5.23. The fourth-order valence-electron chi connectivity index (χ4n) is 2.79. The van der Waals surface area contributed by atoms with Gasteiger partial charge in [0, 0.05) is 38.1 Å². The van der Waals surface area contributed by atoms with Gasteiger partial charge in [-0.25, -0.2) is 9.97 Å². The quantitative estimate of drug-likeness (QED) is 0.812. The van der Waals surface area contributed by atoms with Crippen LogP contribution >= 0.6 is 0 Å². The van der Waals surface area contributed by atoms with Crippen LogP contribution in [0.1, 0.15) is 12.1 Å². The molecule has 1 unspecified atom stereocenters. The van der Waals surface area contributed by atoms with Crippen LogP contribution in [0.4, 0.5) is 11.8 Å². The third-order valence-corrected chi connectivity index (χ3v) is 4.19. The lowest BCUT2D eigenvalue weighted by Crippen LogP contribution is -2.36. The molecular weight excluding hydrogens is 308 g/mol. The molecule has 1 aliphatic rings. The topological polar surface area (TPSA) is 76.5 Å². The first-order valence-electron chi connectivity index (χ1n) is 7.85. The number of rotatable bonds is 5. The molecule has 24 heavy (non-hydrogen) atoms. The lowest BCUT2D eigenvalue weighted by atomic mass is 10.2. The minimum atomic E-state index is 0.308. The normalized spacial score (nSPS) is 17.0. The molecule has 0 saturated carbocycles. The Kier molecular flexibility index (Phi) is 4.64. The van der Waals surface area contributed by atoms with Crippen molar-refractivity contribution in [2.45, 2.75) is 19.4 Å². The summed E-state index contributed by atoms with van der Waals surface area (Å²) >= 11 is 0. The number of anilines is 2. The highest BCUT2D eigenvalue weighted by molar-refractivity contribution is 5.45. The summed E-state index contributed by atoms with van der Waals surface area (Å²) in [5.41, 5.74) is 0.965. The maximum Gasteiger partial charge on any atom is 0.321 e. The third-order valence-electron chi connectivity index (χ3n) is 4.19. The highest BCUT2D eigenvalue weighted by Crippen LogP contribution is 2.26. The Hall–Kier alpha value is -2.64. The molecule has 0 spiro atoms. The van der Waals surface area contributed by atoms with Gasteiger partial charge in [0.1, 0.15) is 5.82 Å². The van der Waals surface area contributed by atoms with Crippen molar-refractivity contribution in [2.75, 3.05) is 44.2 Å². The smallest absolute Gasteiger partial charge is 0.321 e. The molecule has 0 bridgehead atoms. The SMILES string of the molecule is COc1cc(N2CCC(N(C)c3nccc(C)n3)C2)nc(OC)n1. The van der Waals surface area contributed by atoms with Crippen molar-refractivity contribution in [2.24, 2.45) is 0 Å². The van der Waals surface area contributed by atoms with E-state index in [9.17, 15) is 0 Å². The number of methoxy groups -OCH3 is 2. The van der Waals surface area contributed by atoms with Gasteiger partial charge >= 0.3 is 6.01 Å². The lowest BCUT2D eigenvalue weighted by Gasteiger charge is -2.25. The molecule has 2 aromatic rings. The summed E-state index contributed by atoms with van der Waals surface area (Å²) in [7, 11) is 5.17. The molecule has 1 fully saturated rings. The van der Waals surface area contributed by atoms with E-state index in [0.717, 1.165) is 37.0 Å². The molecule has 0 radical (unpaired) electrons. The Morgan fingerprint density at radius 3 is 2.75 bits per heavy atom. The van der Waals surface area contributed by atoms with Gasteiger partial charge in [-0.3, -0.25) is 0 Å². The average molecular weight is 330 g/mol. The van der Waals surface area contributed by atoms with Gasteiger partial charge in [-0.05, 0) is 19.4 Å². The van der Waals surface area contributed by atoms with Crippen molar-refractivity contribution in [3.63, 3.8) is 0 Å². The zero-order chi connectivity index (χ0) is 17.1. The molecule has 1 aliphatic heterocycles. The maximum absolute atomic E-state index is 5.23. The summed E-state index contributed by atoms with van der Waals surface area (Å²) in [4.78, 5) is 21.8. The van der Waals surface area contributed by atoms with Gasteiger partial charge in [0.05, 0.1) is 20.3 Å². The van der Waals surface area contributed by atoms with E-state index < -0.39 is 0 Å². The van der Waals surface area contributed by atoms with Crippen molar-refractivity contribution in [1.82, 2.24) is 19.9 Å². The fourth-order valence-corrected chi connectivity index (χ4v) is 2.79. The minimum absolute atomic E-state index is 0.308. The Bertz CT molecular complexity index is 688. The van der Waals surface area contributed by atoms with E-state index >= 15 is 0 Å². The van der Waals surface area contributed by atoms with Crippen molar-refractivity contribution >= 4 is 11.8 Å². The summed E-state index contributed by atoms with van der Waals surface area (Å²) < 4.78 is 10.4. The Morgan fingerprint density at radius 2 is 2.04 bits per heavy atom. The second-order valence-corrected chi connectivity index (χ2v) is 5.75. The van der Waals surface area contributed by atoms with Crippen LogP contribution in [0.5, 0.6) is 11.9 Å². The summed E-state index contributed by atoms with van der Waals surface area (Å²) in [6.45, 7) is 3.70. The fraction of sp³-hybridized carbons (Fsp3) is 0.500. The molecule has 1 atom stereocenters. The molecule has 3 heterocycles. The van der Waals surface area contributed by atoms with E-state index in [1.54, 1.807) is 20.4 Å². The van der Waals surface area contributed by atoms with Crippen LogP contribution in [0.25, 0.3) is 0 Å². The van der Waals surface area contributed by atoms with Crippen LogP contribution in [0.15, 0.2) is 18.3 Å². The molecule has 3 rings (SSSR count). The predicted octanol–water partition coefficient (Wildman–Crippen LogP) is 1.31. The van der Waals surface area contributed by atoms with E-state index in [2.05, 4.69) is 29.7 Å². The average Bonchev–Trinajstić information content (AvgIpc) is 3.10. The van der Waals surface area contributed by atoms with Crippen LogP contribution < -0.4 is 19.3 Å². The monoisotopic (exact) mass is 330 g/mol. The van der Waals surface area contributed by atoms with Gasteiger partial charge in [0.25, 0.3) is 0 Å². The highest BCUT2D eigenvalue weighted by Gasteiger charge is 2.28. The van der Waals surface area contributed by atoms with Gasteiger partial charge < -0.3 is 19.3 Å². The Labute approximate surface area is 141 Å². The number of aryl methyl sites for hydroxylation is 1. The van der Waals surface area contributed by atoms with E-state index in [1.807, 2.05) is 26.1 Å². The second-order valence-electron chi connectivity index (χ2n) is 5.75. The lowest BCUT2D eigenvalue weighted by molar-refractivity contribution is 0.352. The number of nitrogens with zero attached hydrogens (tertiary/aromatic N) is 6. The number of aromatic nitrogens is 4. The van der Waals surface area contributed by atoms with Crippen molar-refractivity contribution in [3.8, 4) is 11.9 Å². The number of hydrogen-bond acceptors (Lipinski definition) is 8. The van der Waals surface area contributed by atoms with Gasteiger partial charge in [0.15, 0.2) is 0 Å². The van der Waals surface area contributed by atoms with Crippen molar-refractivity contribution in [1.29, 1.82) is 0 Å². The molecule has 2 aromatic heterocycles. The molecule has 0 amide bonds. The molecule has 0 aromatic carbocycles. The summed E-state index contributed by atoms with van der Waals surface area (Å²) in [6, 6.07) is 4.35. The van der Waals surface area contributed by atoms with E-state index in [0.29, 0.717) is 17.9 Å². The molecule has 1 saturated heterocycles. The molecule has 8 nitrogen and oxygen atoms in total. The Morgan fingerprint density at radius 1 is 1.21 bits per heavy atom.